The molecule has 0 aliphatic heterocycles. The number of amides is 2. The van der Waals surface area contributed by atoms with E-state index >= 15 is 0 Å². The molecule has 0 fully saturated rings. The number of ether oxygens (including phenoxy) is 1. The van der Waals surface area contributed by atoms with Gasteiger partial charge in [0.2, 0.25) is 0 Å². The van der Waals surface area contributed by atoms with Gasteiger partial charge in [-0.15, -0.1) is 0 Å². The first-order chi connectivity index (χ1) is 10.9. The molecule has 0 saturated carbocycles. The SMILES string of the molecule is CCOc1nc(C)c(NC(=O)Nc2cc(C)cc(C)c2)c(C)n1. The summed E-state index contributed by atoms with van der Waals surface area (Å²) in [4.78, 5) is 20.7. The van der Waals surface area contributed by atoms with Crippen molar-refractivity contribution in [3.8, 4) is 6.01 Å². The van der Waals surface area contributed by atoms with E-state index < -0.39 is 0 Å². The van der Waals surface area contributed by atoms with Gasteiger partial charge in [-0.2, -0.15) is 9.97 Å². The maximum Gasteiger partial charge on any atom is 0.323 e. The van der Waals surface area contributed by atoms with Gasteiger partial charge in [0.25, 0.3) is 0 Å². The van der Waals surface area contributed by atoms with Crippen LogP contribution in [0, 0.1) is 27.7 Å². The Bertz CT molecular complexity index is 685. The molecule has 2 aromatic rings. The van der Waals surface area contributed by atoms with E-state index in [0.29, 0.717) is 29.7 Å². The molecule has 0 radical (unpaired) electrons. The summed E-state index contributed by atoms with van der Waals surface area (Å²) < 4.78 is 5.30. The van der Waals surface area contributed by atoms with Crippen LogP contribution in [0.5, 0.6) is 6.01 Å². The van der Waals surface area contributed by atoms with Gasteiger partial charge in [0.15, 0.2) is 0 Å². The quantitative estimate of drug-likeness (QED) is 0.901. The van der Waals surface area contributed by atoms with Gasteiger partial charge in [-0.1, -0.05) is 6.07 Å². The summed E-state index contributed by atoms with van der Waals surface area (Å²) in [5.41, 5.74) is 4.86. The highest BCUT2D eigenvalue weighted by Crippen LogP contribution is 2.20. The highest BCUT2D eigenvalue weighted by molar-refractivity contribution is 6.00. The summed E-state index contributed by atoms with van der Waals surface area (Å²) in [5.74, 6) is 0. The lowest BCUT2D eigenvalue weighted by molar-refractivity contribution is 0.262. The zero-order valence-corrected chi connectivity index (χ0v) is 14.2. The molecule has 1 heterocycles. The molecule has 0 bridgehead atoms. The predicted octanol–water partition coefficient (Wildman–Crippen LogP) is 3.75. The van der Waals surface area contributed by atoms with Crippen molar-refractivity contribution in [3.63, 3.8) is 0 Å². The molecule has 0 unspecified atom stereocenters. The minimum atomic E-state index is -0.325. The van der Waals surface area contributed by atoms with Gasteiger partial charge in [-0.05, 0) is 57.9 Å². The fourth-order valence-electron chi connectivity index (χ4n) is 2.38. The maximum atomic E-state index is 12.2. The third-order valence-corrected chi connectivity index (χ3v) is 3.24. The van der Waals surface area contributed by atoms with Crippen LogP contribution in [-0.4, -0.2) is 22.6 Å². The third kappa shape index (κ3) is 4.42. The number of anilines is 2. The van der Waals surface area contributed by atoms with E-state index in [4.69, 9.17) is 4.74 Å². The van der Waals surface area contributed by atoms with Gasteiger partial charge in [-0.3, -0.25) is 0 Å². The van der Waals surface area contributed by atoms with Gasteiger partial charge < -0.3 is 15.4 Å². The van der Waals surface area contributed by atoms with Crippen LogP contribution in [-0.2, 0) is 0 Å². The van der Waals surface area contributed by atoms with Crippen LogP contribution in [0.25, 0.3) is 0 Å². The van der Waals surface area contributed by atoms with Gasteiger partial charge in [0.1, 0.15) is 0 Å². The minimum Gasteiger partial charge on any atom is -0.464 e. The highest BCUT2D eigenvalue weighted by Gasteiger charge is 2.12. The van der Waals surface area contributed by atoms with Crippen molar-refractivity contribution in [2.45, 2.75) is 34.6 Å². The summed E-state index contributed by atoms with van der Waals surface area (Å²) in [6.07, 6.45) is 0. The lowest BCUT2D eigenvalue weighted by Crippen LogP contribution is -2.21. The first-order valence-corrected chi connectivity index (χ1v) is 7.53. The number of aromatic nitrogens is 2. The molecule has 1 aromatic carbocycles. The Balaban J connectivity index is 2.14. The van der Waals surface area contributed by atoms with Crippen LogP contribution in [0.15, 0.2) is 18.2 Å². The number of carbonyl (C=O) groups is 1. The molecule has 6 nitrogen and oxygen atoms in total. The third-order valence-electron chi connectivity index (χ3n) is 3.24. The van der Waals surface area contributed by atoms with Crippen molar-refractivity contribution in [3.05, 3.63) is 40.7 Å². The Morgan fingerprint density at radius 3 is 2.09 bits per heavy atom. The lowest BCUT2D eigenvalue weighted by atomic mass is 10.1. The molecule has 122 valence electrons. The predicted molar refractivity (Wildman–Crippen MR) is 91.2 cm³/mol. The largest absolute Gasteiger partial charge is 0.464 e. The molecule has 2 rings (SSSR count). The summed E-state index contributed by atoms with van der Waals surface area (Å²) in [6, 6.07) is 5.89. The van der Waals surface area contributed by atoms with Crippen molar-refractivity contribution >= 4 is 17.4 Å². The van der Waals surface area contributed by atoms with Crippen LogP contribution in [0.1, 0.15) is 29.4 Å². The van der Waals surface area contributed by atoms with E-state index in [1.165, 1.54) is 0 Å². The highest BCUT2D eigenvalue weighted by atomic mass is 16.5. The Kier molecular flexibility index (Phi) is 5.16. The van der Waals surface area contributed by atoms with Gasteiger partial charge >= 0.3 is 12.0 Å². The van der Waals surface area contributed by atoms with Crippen LogP contribution < -0.4 is 15.4 Å². The van der Waals surface area contributed by atoms with Crippen molar-refractivity contribution < 1.29 is 9.53 Å². The van der Waals surface area contributed by atoms with E-state index in [0.717, 1.165) is 16.8 Å². The second-order valence-corrected chi connectivity index (χ2v) is 5.44. The van der Waals surface area contributed by atoms with Crippen LogP contribution in [0.2, 0.25) is 0 Å². The smallest absolute Gasteiger partial charge is 0.323 e. The number of nitrogens with zero attached hydrogens (tertiary/aromatic N) is 2. The monoisotopic (exact) mass is 314 g/mol. The van der Waals surface area contributed by atoms with Crippen molar-refractivity contribution in [1.29, 1.82) is 0 Å². The minimum absolute atomic E-state index is 0.322. The molecular weight excluding hydrogens is 292 g/mol. The Morgan fingerprint density at radius 2 is 1.57 bits per heavy atom. The lowest BCUT2D eigenvalue weighted by Gasteiger charge is -2.13. The summed E-state index contributed by atoms with van der Waals surface area (Å²) >= 11 is 0. The number of carbonyl (C=O) groups excluding carboxylic acids is 1. The molecule has 0 aliphatic rings. The molecule has 0 saturated heterocycles. The Labute approximate surface area is 136 Å². The van der Waals surface area contributed by atoms with E-state index in [-0.39, 0.29) is 6.03 Å². The van der Waals surface area contributed by atoms with E-state index in [1.807, 2.05) is 46.8 Å². The first-order valence-electron chi connectivity index (χ1n) is 7.53. The zero-order valence-electron chi connectivity index (χ0n) is 14.2. The molecule has 23 heavy (non-hydrogen) atoms. The van der Waals surface area contributed by atoms with Crippen LogP contribution >= 0.6 is 0 Å². The fraction of sp³-hybridized carbons (Fsp3) is 0.353. The average molecular weight is 314 g/mol. The van der Waals surface area contributed by atoms with Gasteiger partial charge in [0, 0.05) is 5.69 Å². The number of benzene rings is 1. The summed E-state index contributed by atoms with van der Waals surface area (Å²) in [6.45, 7) is 9.97. The van der Waals surface area contributed by atoms with E-state index in [2.05, 4.69) is 26.7 Å². The van der Waals surface area contributed by atoms with Gasteiger partial charge in [-0.25, -0.2) is 4.79 Å². The van der Waals surface area contributed by atoms with Crippen LogP contribution in [0.4, 0.5) is 16.2 Å². The number of hydrogen-bond acceptors (Lipinski definition) is 4. The number of rotatable bonds is 4. The molecule has 0 spiro atoms. The maximum absolute atomic E-state index is 12.2. The second-order valence-electron chi connectivity index (χ2n) is 5.44. The molecule has 2 amide bonds. The first kappa shape index (κ1) is 16.7. The number of nitrogens with one attached hydrogen (secondary N) is 2. The van der Waals surface area contributed by atoms with Crippen LogP contribution in [0.3, 0.4) is 0 Å². The molecule has 1 aromatic heterocycles. The van der Waals surface area contributed by atoms with Crippen molar-refractivity contribution in [2.24, 2.45) is 0 Å². The molecule has 0 aliphatic carbocycles. The van der Waals surface area contributed by atoms with E-state index in [9.17, 15) is 4.79 Å². The normalized spacial score (nSPS) is 10.3. The standard InChI is InChI=1S/C17H22N4O2/c1-6-23-17-18-12(4)15(13(5)19-17)21-16(22)20-14-8-10(2)7-11(3)9-14/h7-9H,6H2,1-5H3,(H2,20,21,22). The van der Waals surface area contributed by atoms with Crippen molar-refractivity contribution in [1.82, 2.24) is 9.97 Å². The molecule has 6 heteroatoms. The van der Waals surface area contributed by atoms with Crippen molar-refractivity contribution in [2.75, 3.05) is 17.2 Å². The fourth-order valence-corrected chi connectivity index (χ4v) is 2.38. The molecule has 0 atom stereocenters. The summed E-state index contributed by atoms with van der Waals surface area (Å²) in [5, 5.41) is 5.63. The zero-order chi connectivity index (χ0) is 17.0. The van der Waals surface area contributed by atoms with E-state index in [1.54, 1.807) is 0 Å². The topological polar surface area (TPSA) is 76.1 Å². The summed E-state index contributed by atoms with van der Waals surface area (Å²) in [7, 11) is 0. The second kappa shape index (κ2) is 7.09. The number of aryl methyl sites for hydroxylation is 4. The van der Waals surface area contributed by atoms with Gasteiger partial charge in [0.05, 0.1) is 23.7 Å². The Morgan fingerprint density at radius 1 is 1.00 bits per heavy atom. The number of urea groups is 1. The molecule has 2 N–H and O–H groups in total. The Hall–Kier alpha value is -2.63. The number of hydrogen-bond donors (Lipinski definition) is 2. The molecular formula is C17H22N4O2. The average Bonchev–Trinajstić information content (AvgIpc) is 2.42.